The summed E-state index contributed by atoms with van der Waals surface area (Å²) in [6.07, 6.45) is 13.7. The zero-order chi connectivity index (χ0) is 27.1. The summed E-state index contributed by atoms with van der Waals surface area (Å²) in [5.41, 5.74) is 0.242. The summed E-state index contributed by atoms with van der Waals surface area (Å²) in [5, 5.41) is 0. The number of unbranched alkanes of at least 4 members (excludes halogenated alkanes) is 2. The zero-order valence-corrected chi connectivity index (χ0v) is 23.6. The van der Waals surface area contributed by atoms with Crippen LogP contribution in [0.4, 0.5) is 22.0 Å². The molecule has 1 saturated carbocycles. The Morgan fingerprint density at radius 3 is 2.03 bits per heavy atom. The molecule has 0 radical (unpaired) electrons. The minimum atomic E-state index is -3.18. The molecule has 0 bridgehead atoms. The quantitative estimate of drug-likeness (QED) is 0.153. The topological polar surface area (TPSA) is 9.23 Å². The molecule has 0 amide bonds. The Kier molecular flexibility index (Phi) is 10.7. The maximum absolute atomic E-state index is 15.0. The van der Waals surface area contributed by atoms with E-state index >= 15 is 8.78 Å². The molecule has 0 aromatic heterocycles. The summed E-state index contributed by atoms with van der Waals surface area (Å²) in [6, 6.07) is 10.3. The number of benzene rings is 2. The lowest BCUT2D eigenvalue weighted by atomic mass is 9.76. The molecule has 0 N–H and O–H groups in total. The Morgan fingerprint density at radius 2 is 1.45 bits per heavy atom. The van der Waals surface area contributed by atoms with Crippen molar-refractivity contribution < 1.29 is 26.7 Å². The predicted molar refractivity (Wildman–Crippen MR) is 146 cm³/mol. The lowest BCUT2D eigenvalue weighted by Crippen LogP contribution is -2.22. The summed E-state index contributed by atoms with van der Waals surface area (Å²) in [4.78, 5) is 0. The van der Waals surface area contributed by atoms with E-state index in [1.165, 1.54) is 75.2 Å². The fourth-order valence-corrected chi connectivity index (χ4v) is 10.3. The van der Waals surface area contributed by atoms with Gasteiger partial charge in [-0.25, -0.2) is 13.2 Å². The van der Waals surface area contributed by atoms with Crippen molar-refractivity contribution in [2.45, 2.75) is 108 Å². The van der Waals surface area contributed by atoms with Crippen LogP contribution in [0.3, 0.4) is 0 Å². The Labute approximate surface area is 225 Å². The highest BCUT2D eigenvalue weighted by molar-refractivity contribution is 6.58. The average Bonchev–Trinajstić information content (AvgIpc) is 2.89. The third-order valence-corrected chi connectivity index (χ3v) is 12.5. The summed E-state index contributed by atoms with van der Waals surface area (Å²) >= 11 is 0. The van der Waals surface area contributed by atoms with Crippen molar-refractivity contribution in [1.82, 2.24) is 0 Å². The van der Waals surface area contributed by atoms with Gasteiger partial charge in [-0.05, 0) is 78.8 Å². The standard InChI is InChI=1S/C31H41F5OSi/c1-2-3-4-15-38-16-13-22(14-17-38)6-5-21-7-9-23(10-8-21)25-19-27(33)30(28(34)20-25)24-11-12-29(26(32)18-24)37-31(35)36/h11-12,18-23,31,38H,2-10,13-17H2,1H3. The molecule has 2 aromatic carbocycles. The van der Waals surface area contributed by atoms with Gasteiger partial charge in [0.2, 0.25) is 0 Å². The molecule has 2 fully saturated rings. The van der Waals surface area contributed by atoms with Crippen LogP contribution in [-0.4, -0.2) is 15.4 Å². The second kappa shape index (κ2) is 13.9. The third-order valence-electron chi connectivity index (χ3n) is 8.98. The first-order valence-electron chi connectivity index (χ1n) is 14.6. The van der Waals surface area contributed by atoms with Gasteiger partial charge in [0.15, 0.2) is 11.6 Å². The normalized spacial score (nSPS) is 24.1. The van der Waals surface area contributed by atoms with Gasteiger partial charge in [0.1, 0.15) is 11.6 Å². The van der Waals surface area contributed by atoms with E-state index in [1.807, 2.05) is 0 Å². The molecule has 4 rings (SSSR count). The van der Waals surface area contributed by atoms with Crippen LogP contribution >= 0.6 is 0 Å². The van der Waals surface area contributed by atoms with Crippen LogP contribution in [0.5, 0.6) is 5.75 Å². The van der Waals surface area contributed by atoms with Crippen molar-refractivity contribution in [3.05, 3.63) is 53.3 Å². The first-order chi connectivity index (χ1) is 18.3. The first kappa shape index (κ1) is 29.1. The van der Waals surface area contributed by atoms with Gasteiger partial charge >= 0.3 is 6.61 Å². The average molecular weight is 553 g/mol. The monoisotopic (exact) mass is 552 g/mol. The van der Waals surface area contributed by atoms with Gasteiger partial charge in [-0.1, -0.05) is 76.1 Å². The highest BCUT2D eigenvalue weighted by Gasteiger charge is 2.27. The van der Waals surface area contributed by atoms with Crippen LogP contribution in [-0.2, 0) is 0 Å². The smallest absolute Gasteiger partial charge is 0.387 e. The highest BCUT2D eigenvalue weighted by Crippen LogP contribution is 2.41. The maximum atomic E-state index is 15.0. The molecule has 38 heavy (non-hydrogen) atoms. The largest absolute Gasteiger partial charge is 0.432 e. The van der Waals surface area contributed by atoms with E-state index in [-0.39, 0.29) is 17.0 Å². The van der Waals surface area contributed by atoms with Crippen molar-refractivity contribution in [2.75, 3.05) is 0 Å². The summed E-state index contributed by atoms with van der Waals surface area (Å²) in [5.74, 6) is -1.56. The molecule has 2 aliphatic rings. The first-order valence-corrected chi connectivity index (χ1v) is 17.0. The lowest BCUT2D eigenvalue weighted by molar-refractivity contribution is -0.0521. The fourth-order valence-electron chi connectivity index (χ4n) is 6.70. The molecule has 0 atom stereocenters. The Balaban J connectivity index is 1.27. The van der Waals surface area contributed by atoms with Crippen LogP contribution in [0.1, 0.15) is 89.0 Å². The van der Waals surface area contributed by atoms with Crippen LogP contribution in [0, 0.1) is 29.3 Å². The molecule has 1 heterocycles. The number of alkyl halides is 2. The number of hydrogen-bond acceptors (Lipinski definition) is 1. The van der Waals surface area contributed by atoms with E-state index in [2.05, 4.69) is 11.7 Å². The lowest BCUT2D eigenvalue weighted by Gasteiger charge is -2.32. The zero-order valence-electron chi connectivity index (χ0n) is 22.5. The van der Waals surface area contributed by atoms with Crippen molar-refractivity contribution >= 4 is 8.80 Å². The molecule has 1 saturated heterocycles. The molecule has 1 aliphatic carbocycles. The van der Waals surface area contributed by atoms with Crippen LogP contribution < -0.4 is 4.74 Å². The third kappa shape index (κ3) is 7.83. The molecular formula is C31H41F5OSi. The minimum absolute atomic E-state index is 0.0490. The molecule has 2 aromatic rings. The second-order valence-corrected chi connectivity index (χ2v) is 15.0. The van der Waals surface area contributed by atoms with Crippen molar-refractivity contribution in [2.24, 2.45) is 11.8 Å². The SMILES string of the molecule is CCCCC[SiH]1CCC(CCC2CCC(c3cc(F)c(-c4ccc(OC(F)F)c(F)c4)c(F)c3)CC2)CC1. The molecular weight excluding hydrogens is 511 g/mol. The van der Waals surface area contributed by atoms with Crippen LogP contribution in [0.15, 0.2) is 30.3 Å². The molecule has 1 aliphatic heterocycles. The summed E-state index contributed by atoms with van der Waals surface area (Å²) in [7, 11) is -0.454. The van der Waals surface area contributed by atoms with E-state index < -0.39 is 38.6 Å². The van der Waals surface area contributed by atoms with E-state index in [1.54, 1.807) is 6.04 Å². The van der Waals surface area contributed by atoms with Crippen molar-refractivity contribution in [3.63, 3.8) is 0 Å². The number of ether oxygens (including phenoxy) is 1. The van der Waals surface area contributed by atoms with Gasteiger partial charge in [0, 0.05) is 8.80 Å². The summed E-state index contributed by atoms with van der Waals surface area (Å²) < 4.78 is 73.0. The molecule has 210 valence electrons. The van der Waals surface area contributed by atoms with Gasteiger partial charge in [-0.3, -0.25) is 0 Å². The predicted octanol–water partition coefficient (Wildman–Crippen LogP) is 10.3. The molecule has 0 spiro atoms. The second-order valence-electron chi connectivity index (χ2n) is 11.6. The van der Waals surface area contributed by atoms with Gasteiger partial charge in [-0.15, -0.1) is 0 Å². The minimum Gasteiger partial charge on any atom is -0.432 e. The Morgan fingerprint density at radius 1 is 0.816 bits per heavy atom. The van der Waals surface area contributed by atoms with Gasteiger partial charge < -0.3 is 4.74 Å². The number of halogens is 5. The van der Waals surface area contributed by atoms with E-state index in [0.717, 1.165) is 43.7 Å². The summed E-state index contributed by atoms with van der Waals surface area (Å²) in [6.45, 7) is -0.900. The van der Waals surface area contributed by atoms with Gasteiger partial charge in [0.05, 0.1) is 5.56 Å². The van der Waals surface area contributed by atoms with E-state index in [4.69, 9.17) is 0 Å². The van der Waals surface area contributed by atoms with Crippen LogP contribution in [0.2, 0.25) is 18.1 Å². The van der Waals surface area contributed by atoms with Crippen molar-refractivity contribution in [1.29, 1.82) is 0 Å². The van der Waals surface area contributed by atoms with Crippen LogP contribution in [0.25, 0.3) is 11.1 Å². The Bertz CT molecular complexity index is 1010. The Hall–Kier alpha value is -1.89. The van der Waals surface area contributed by atoms with E-state index in [0.29, 0.717) is 11.5 Å². The molecule has 0 unspecified atom stereocenters. The van der Waals surface area contributed by atoms with Gasteiger partial charge in [-0.2, -0.15) is 8.78 Å². The number of rotatable bonds is 11. The fraction of sp³-hybridized carbons (Fsp3) is 0.613. The highest BCUT2D eigenvalue weighted by atomic mass is 28.3. The number of hydrogen-bond donors (Lipinski definition) is 0. The maximum Gasteiger partial charge on any atom is 0.387 e. The van der Waals surface area contributed by atoms with Gasteiger partial charge in [0.25, 0.3) is 0 Å². The van der Waals surface area contributed by atoms with Crippen molar-refractivity contribution in [3.8, 4) is 16.9 Å². The van der Waals surface area contributed by atoms with E-state index in [9.17, 15) is 13.2 Å². The molecule has 7 heteroatoms. The molecule has 1 nitrogen and oxygen atoms in total.